The summed E-state index contributed by atoms with van der Waals surface area (Å²) >= 11 is 0. The molecule has 2 aliphatic rings. The van der Waals surface area contributed by atoms with E-state index in [0.29, 0.717) is 18.1 Å². The Morgan fingerprint density at radius 3 is 2.08 bits per heavy atom. The molecule has 4 heteroatoms. The number of phenolic OH excluding ortho intramolecular Hbond substituents is 2. The van der Waals surface area contributed by atoms with Crippen molar-refractivity contribution in [2.75, 3.05) is 0 Å². The third kappa shape index (κ3) is 1.87. The highest BCUT2D eigenvalue weighted by molar-refractivity contribution is 5.66. The minimum absolute atomic E-state index is 0.114. The van der Waals surface area contributed by atoms with Gasteiger partial charge in [-0.2, -0.15) is 0 Å². The van der Waals surface area contributed by atoms with Crippen LogP contribution in [0.1, 0.15) is 27.8 Å². The second-order valence-electron chi connectivity index (χ2n) is 6.55. The molecule has 1 spiro atoms. The van der Waals surface area contributed by atoms with Crippen molar-refractivity contribution in [1.82, 2.24) is 0 Å². The predicted octanol–water partition coefficient (Wildman–Crippen LogP) is 4.67. The first-order valence-electron chi connectivity index (χ1n) is 8.36. The van der Waals surface area contributed by atoms with Crippen LogP contribution in [0.2, 0.25) is 0 Å². The van der Waals surface area contributed by atoms with Gasteiger partial charge >= 0.3 is 0 Å². The van der Waals surface area contributed by atoms with Crippen molar-refractivity contribution >= 4 is 6.08 Å². The lowest BCUT2D eigenvalue weighted by Crippen LogP contribution is -2.32. The number of fused-ring (bicyclic) bond motifs is 6. The van der Waals surface area contributed by atoms with Crippen LogP contribution in [0.3, 0.4) is 0 Å². The highest BCUT2D eigenvalue weighted by atomic mass is 16.5. The minimum atomic E-state index is -0.834. The molecule has 2 aliphatic heterocycles. The average molecular weight is 344 g/mol. The van der Waals surface area contributed by atoms with E-state index in [2.05, 4.69) is 18.7 Å². The van der Waals surface area contributed by atoms with Gasteiger partial charge in [-0.1, -0.05) is 24.8 Å². The number of rotatable bonds is 1. The van der Waals surface area contributed by atoms with Crippen LogP contribution in [0.25, 0.3) is 6.08 Å². The molecule has 0 aliphatic carbocycles. The molecular formula is C22H16O4. The van der Waals surface area contributed by atoms with Gasteiger partial charge in [0.2, 0.25) is 0 Å². The Morgan fingerprint density at radius 2 is 1.46 bits per heavy atom. The molecule has 3 aromatic carbocycles. The Morgan fingerprint density at radius 1 is 0.846 bits per heavy atom. The van der Waals surface area contributed by atoms with Gasteiger partial charge in [0.15, 0.2) is 5.60 Å². The van der Waals surface area contributed by atoms with Crippen LogP contribution < -0.4 is 4.74 Å². The summed E-state index contributed by atoms with van der Waals surface area (Å²) in [6, 6.07) is 16.2. The minimum Gasteiger partial charge on any atom is -0.508 e. The molecule has 0 saturated heterocycles. The highest BCUT2D eigenvalue weighted by Crippen LogP contribution is 2.57. The smallest absolute Gasteiger partial charge is 0.151 e. The molecule has 0 saturated carbocycles. The molecule has 26 heavy (non-hydrogen) atoms. The first-order valence-corrected chi connectivity index (χ1v) is 8.36. The highest BCUT2D eigenvalue weighted by Gasteiger charge is 2.49. The van der Waals surface area contributed by atoms with Crippen LogP contribution in [0.4, 0.5) is 0 Å². The maximum Gasteiger partial charge on any atom is 0.151 e. The normalized spacial score (nSPS) is 15.7. The van der Waals surface area contributed by atoms with E-state index in [1.165, 1.54) is 0 Å². The lowest BCUT2D eigenvalue weighted by atomic mass is 9.77. The zero-order valence-corrected chi connectivity index (χ0v) is 13.9. The molecule has 2 heterocycles. The zero-order chi connectivity index (χ0) is 17.9. The molecule has 0 unspecified atom stereocenters. The van der Waals surface area contributed by atoms with Crippen LogP contribution in [0, 0.1) is 0 Å². The van der Waals surface area contributed by atoms with E-state index in [9.17, 15) is 10.2 Å². The van der Waals surface area contributed by atoms with Gasteiger partial charge in [0.25, 0.3) is 0 Å². The van der Waals surface area contributed by atoms with Gasteiger partial charge in [0.05, 0.1) is 6.61 Å². The van der Waals surface area contributed by atoms with Crippen molar-refractivity contribution in [1.29, 1.82) is 0 Å². The SMILES string of the molecule is C=Cc1ccc2c(c1)COC21c2ccc(O)cc2Oc2cc(O)ccc21. The summed E-state index contributed by atoms with van der Waals surface area (Å²) in [5, 5.41) is 19.8. The molecule has 3 aromatic rings. The van der Waals surface area contributed by atoms with E-state index in [-0.39, 0.29) is 11.5 Å². The third-order valence-corrected chi connectivity index (χ3v) is 5.10. The number of hydrogen-bond donors (Lipinski definition) is 2. The van der Waals surface area contributed by atoms with Crippen molar-refractivity contribution < 1.29 is 19.7 Å². The van der Waals surface area contributed by atoms with Gasteiger partial charge in [-0.05, 0) is 47.0 Å². The zero-order valence-electron chi connectivity index (χ0n) is 13.9. The summed E-state index contributed by atoms with van der Waals surface area (Å²) < 4.78 is 12.4. The molecule has 5 rings (SSSR count). The van der Waals surface area contributed by atoms with Gasteiger partial charge in [-0.15, -0.1) is 0 Å². The first-order chi connectivity index (χ1) is 12.6. The van der Waals surface area contributed by atoms with E-state index >= 15 is 0 Å². The van der Waals surface area contributed by atoms with E-state index in [1.54, 1.807) is 24.3 Å². The summed E-state index contributed by atoms with van der Waals surface area (Å²) in [5.41, 5.74) is 3.98. The van der Waals surface area contributed by atoms with Crippen molar-refractivity contribution in [2.24, 2.45) is 0 Å². The maximum absolute atomic E-state index is 9.90. The second-order valence-corrected chi connectivity index (χ2v) is 6.55. The number of benzene rings is 3. The van der Waals surface area contributed by atoms with Gasteiger partial charge in [-0.3, -0.25) is 0 Å². The monoisotopic (exact) mass is 344 g/mol. The van der Waals surface area contributed by atoms with Crippen LogP contribution in [-0.4, -0.2) is 10.2 Å². The Hall–Kier alpha value is -3.24. The summed E-state index contributed by atoms with van der Waals surface area (Å²) in [5.74, 6) is 1.26. The number of ether oxygens (including phenoxy) is 2. The van der Waals surface area contributed by atoms with E-state index < -0.39 is 5.60 Å². The van der Waals surface area contributed by atoms with Gasteiger partial charge in [-0.25, -0.2) is 0 Å². The van der Waals surface area contributed by atoms with Crippen molar-refractivity contribution in [2.45, 2.75) is 12.2 Å². The summed E-state index contributed by atoms with van der Waals surface area (Å²) in [6.07, 6.45) is 1.81. The van der Waals surface area contributed by atoms with Crippen molar-refractivity contribution in [3.8, 4) is 23.0 Å². The fraction of sp³-hybridized carbons (Fsp3) is 0.0909. The van der Waals surface area contributed by atoms with Crippen molar-refractivity contribution in [3.05, 3.63) is 89.0 Å². The number of aromatic hydroxyl groups is 2. The Bertz CT molecular complexity index is 1020. The second kappa shape index (κ2) is 5.13. The topological polar surface area (TPSA) is 58.9 Å². The first kappa shape index (κ1) is 15.0. The van der Waals surface area contributed by atoms with Crippen LogP contribution in [0.15, 0.2) is 61.2 Å². The van der Waals surface area contributed by atoms with Crippen LogP contribution in [0.5, 0.6) is 23.0 Å². The molecule has 2 N–H and O–H groups in total. The summed E-state index contributed by atoms with van der Waals surface area (Å²) in [4.78, 5) is 0. The van der Waals surface area contributed by atoms with Crippen LogP contribution in [-0.2, 0) is 16.9 Å². The summed E-state index contributed by atoms with van der Waals surface area (Å²) in [7, 11) is 0. The number of phenols is 2. The van der Waals surface area contributed by atoms with Gasteiger partial charge in [0.1, 0.15) is 23.0 Å². The van der Waals surface area contributed by atoms with Crippen molar-refractivity contribution in [3.63, 3.8) is 0 Å². The molecule has 0 amide bonds. The molecule has 0 bridgehead atoms. The Labute approximate surface area is 150 Å². The maximum atomic E-state index is 9.90. The standard InChI is InChI=1S/C22H16O4/c1-2-13-3-6-17-14(9-13)12-25-22(17)18-7-4-15(23)10-20(18)26-21-11-16(24)5-8-19(21)22/h2-11,23-24H,1,12H2. The molecule has 4 nitrogen and oxygen atoms in total. The molecule has 128 valence electrons. The largest absolute Gasteiger partial charge is 0.508 e. The van der Waals surface area contributed by atoms with Gasteiger partial charge in [0, 0.05) is 23.3 Å². The molecular weight excluding hydrogens is 328 g/mol. The lowest BCUT2D eigenvalue weighted by molar-refractivity contribution is 0.0198. The number of hydrogen-bond acceptors (Lipinski definition) is 4. The van der Waals surface area contributed by atoms with E-state index in [0.717, 1.165) is 27.8 Å². The lowest BCUT2D eigenvalue weighted by Gasteiger charge is -2.37. The molecule has 0 atom stereocenters. The quantitative estimate of drug-likeness (QED) is 0.673. The van der Waals surface area contributed by atoms with Crippen LogP contribution >= 0.6 is 0 Å². The molecule has 0 aromatic heterocycles. The van der Waals surface area contributed by atoms with E-state index in [4.69, 9.17) is 9.47 Å². The molecule has 0 fully saturated rings. The average Bonchev–Trinajstić information content (AvgIpc) is 3.00. The fourth-order valence-electron chi connectivity index (χ4n) is 3.95. The molecule has 0 radical (unpaired) electrons. The Kier molecular flexibility index (Phi) is 2.97. The third-order valence-electron chi connectivity index (χ3n) is 5.10. The fourth-order valence-corrected chi connectivity index (χ4v) is 3.95. The van der Waals surface area contributed by atoms with Gasteiger partial charge < -0.3 is 19.7 Å². The predicted molar refractivity (Wildman–Crippen MR) is 97.5 cm³/mol. The summed E-state index contributed by atoms with van der Waals surface area (Å²) in [6.45, 7) is 4.29. The Balaban J connectivity index is 1.85. The van der Waals surface area contributed by atoms with E-state index in [1.807, 2.05) is 24.3 Å².